The van der Waals surface area contributed by atoms with Crippen molar-refractivity contribution < 1.29 is 23.0 Å². The van der Waals surface area contributed by atoms with Crippen LogP contribution in [-0.2, 0) is 23.0 Å². The number of carbonyl (C=O) groups is 2. The summed E-state index contributed by atoms with van der Waals surface area (Å²) < 4.78 is 15.4. The highest BCUT2D eigenvalue weighted by Gasteiger charge is 2.44. The van der Waals surface area contributed by atoms with Gasteiger partial charge in [-0.3, -0.25) is 14.1 Å². The van der Waals surface area contributed by atoms with Crippen molar-refractivity contribution in [1.29, 1.82) is 0 Å². The summed E-state index contributed by atoms with van der Waals surface area (Å²) in [7, 11) is -3.25. The molecule has 0 aromatic heterocycles. The highest BCUT2D eigenvalue weighted by atomic mass is 28.4. The van der Waals surface area contributed by atoms with Crippen molar-refractivity contribution in [1.82, 2.24) is 5.06 Å². The Morgan fingerprint density at radius 3 is 1.69 bits per heavy atom. The SMILES string of the molecule is CCN(CC)O[Si](C)(OC(C)=O)OC(C)=O. The third kappa shape index (κ3) is 5.84. The summed E-state index contributed by atoms with van der Waals surface area (Å²) in [5.41, 5.74) is 0. The molecule has 16 heavy (non-hydrogen) atoms. The fourth-order valence-corrected chi connectivity index (χ4v) is 3.06. The molecule has 0 saturated heterocycles. The van der Waals surface area contributed by atoms with Gasteiger partial charge >= 0.3 is 8.80 Å². The molecule has 0 aromatic rings. The largest absolute Gasteiger partial charge is 0.649 e. The normalized spacial score (nSPS) is 11.4. The lowest BCUT2D eigenvalue weighted by molar-refractivity contribution is -0.156. The van der Waals surface area contributed by atoms with E-state index in [9.17, 15) is 9.59 Å². The fraction of sp³-hybridized carbons (Fsp3) is 0.778. The summed E-state index contributed by atoms with van der Waals surface area (Å²) >= 11 is 0. The smallest absolute Gasteiger partial charge is 0.464 e. The van der Waals surface area contributed by atoms with Crippen LogP contribution in [0.5, 0.6) is 0 Å². The molecule has 0 atom stereocenters. The molecule has 0 heterocycles. The molecule has 0 aliphatic heterocycles. The summed E-state index contributed by atoms with van der Waals surface area (Å²) in [5.74, 6) is -1.05. The lowest BCUT2D eigenvalue weighted by atomic mass is 10.6. The van der Waals surface area contributed by atoms with Crippen LogP contribution >= 0.6 is 0 Å². The van der Waals surface area contributed by atoms with E-state index in [1.807, 2.05) is 13.8 Å². The first-order valence-corrected chi connectivity index (χ1v) is 7.38. The lowest BCUT2D eigenvalue weighted by Gasteiger charge is -2.29. The van der Waals surface area contributed by atoms with Crippen molar-refractivity contribution in [2.24, 2.45) is 0 Å². The molecule has 0 aliphatic carbocycles. The summed E-state index contributed by atoms with van der Waals surface area (Å²) in [6, 6.07) is 0. The van der Waals surface area contributed by atoms with Crippen LogP contribution in [0, 0.1) is 0 Å². The molecule has 94 valence electrons. The van der Waals surface area contributed by atoms with Crippen LogP contribution in [-0.4, -0.2) is 38.9 Å². The average Bonchev–Trinajstić information content (AvgIpc) is 2.11. The van der Waals surface area contributed by atoms with Gasteiger partial charge in [0, 0.05) is 33.5 Å². The van der Waals surface area contributed by atoms with E-state index >= 15 is 0 Å². The van der Waals surface area contributed by atoms with Gasteiger partial charge in [0.15, 0.2) is 0 Å². The Morgan fingerprint density at radius 1 is 1.06 bits per heavy atom. The average molecular weight is 249 g/mol. The number of hydrogen-bond donors (Lipinski definition) is 0. The van der Waals surface area contributed by atoms with E-state index in [0.717, 1.165) is 0 Å². The van der Waals surface area contributed by atoms with Crippen LogP contribution in [0.3, 0.4) is 0 Å². The number of nitrogens with zero attached hydrogens (tertiary/aromatic N) is 1. The standard InChI is InChI=1S/C9H19NO5Si/c1-6-10(7-2)15-16(5,13-8(3)11)14-9(4)12/h6-7H2,1-5H3. The van der Waals surface area contributed by atoms with Crippen molar-refractivity contribution in [3.8, 4) is 0 Å². The van der Waals surface area contributed by atoms with Gasteiger partial charge in [0.1, 0.15) is 0 Å². The lowest BCUT2D eigenvalue weighted by Crippen LogP contribution is -2.50. The summed E-state index contributed by atoms with van der Waals surface area (Å²) in [6.45, 7) is 9.01. The van der Waals surface area contributed by atoms with Crippen molar-refractivity contribution in [2.75, 3.05) is 13.1 Å². The maximum absolute atomic E-state index is 10.9. The van der Waals surface area contributed by atoms with Gasteiger partial charge in [-0.15, -0.1) is 0 Å². The van der Waals surface area contributed by atoms with Gasteiger partial charge in [-0.2, -0.15) is 5.06 Å². The van der Waals surface area contributed by atoms with Crippen LogP contribution in [0.2, 0.25) is 6.55 Å². The predicted octanol–water partition coefficient (Wildman–Crippen LogP) is 0.955. The third-order valence-electron chi connectivity index (χ3n) is 1.66. The predicted molar refractivity (Wildman–Crippen MR) is 59.2 cm³/mol. The molecule has 7 heteroatoms. The molecule has 0 spiro atoms. The minimum Gasteiger partial charge on any atom is -0.464 e. The number of carbonyl (C=O) groups excluding carboxylic acids is 2. The fourth-order valence-electron chi connectivity index (χ4n) is 1.17. The first-order chi connectivity index (χ1) is 7.33. The second-order valence-corrected chi connectivity index (χ2v) is 5.57. The molecular formula is C9H19NO5Si. The zero-order valence-corrected chi connectivity index (χ0v) is 11.4. The topological polar surface area (TPSA) is 65.1 Å². The molecule has 0 N–H and O–H groups in total. The Labute approximate surface area is 96.8 Å². The zero-order valence-electron chi connectivity index (χ0n) is 10.4. The van der Waals surface area contributed by atoms with Crippen molar-refractivity contribution in [3.05, 3.63) is 0 Å². The van der Waals surface area contributed by atoms with Crippen LogP contribution in [0.15, 0.2) is 0 Å². The Balaban J connectivity index is 4.63. The van der Waals surface area contributed by atoms with E-state index in [2.05, 4.69) is 0 Å². The maximum atomic E-state index is 10.9. The molecular weight excluding hydrogens is 230 g/mol. The summed E-state index contributed by atoms with van der Waals surface area (Å²) in [4.78, 5) is 21.8. The highest BCUT2D eigenvalue weighted by molar-refractivity contribution is 6.62. The van der Waals surface area contributed by atoms with Gasteiger partial charge in [-0.05, 0) is 0 Å². The number of rotatable bonds is 6. The Hall–Kier alpha value is -0.923. The van der Waals surface area contributed by atoms with Gasteiger partial charge in [0.2, 0.25) is 0 Å². The van der Waals surface area contributed by atoms with Gasteiger partial charge in [0.05, 0.1) is 0 Å². The van der Waals surface area contributed by atoms with Gasteiger partial charge in [-0.1, -0.05) is 13.8 Å². The van der Waals surface area contributed by atoms with E-state index in [1.54, 1.807) is 5.06 Å². The molecule has 0 rings (SSSR count). The van der Waals surface area contributed by atoms with Crippen molar-refractivity contribution in [3.63, 3.8) is 0 Å². The first kappa shape index (κ1) is 15.1. The maximum Gasteiger partial charge on any atom is 0.649 e. The van der Waals surface area contributed by atoms with Crippen molar-refractivity contribution in [2.45, 2.75) is 34.2 Å². The van der Waals surface area contributed by atoms with E-state index in [1.165, 1.54) is 20.4 Å². The Morgan fingerprint density at radius 2 is 1.44 bits per heavy atom. The highest BCUT2D eigenvalue weighted by Crippen LogP contribution is 2.12. The van der Waals surface area contributed by atoms with Gasteiger partial charge in [0.25, 0.3) is 11.9 Å². The molecule has 0 radical (unpaired) electrons. The molecule has 0 saturated carbocycles. The minimum absolute atomic E-state index is 0.525. The van der Waals surface area contributed by atoms with Gasteiger partial charge in [-0.25, -0.2) is 0 Å². The molecule has 0 aliphatic rings. The van der Waals surface area contributed by atoms with E-state index in [4.69, 9.17) is 13.4 Å². The summed E-state index contributed by atoms with van der Waals surface area (Å²) in [6.07, 6.45) is 0. The molecule has 0 amide bonds. The quantitative estimate of drug-likeness (QED) is 0.516. The second-order valence-electron chi connectivity index (χ2n) is 3.26. The Kier molecular flexibility index (Phi) is 6.23. The monoisotopic (exact) mass is 249 g/mol. The van der Waals surface area contributed by atoms with E-state index < -0.39 is 20.7 Å². The minimum atomic E-state index is -3.25. The molecule has 0 aromatic carbocycles. The van der Waals surface area contributed by atoms with Crippen LogP contribution in [0.4, 0.5) is 0 Å². The van der Waals surface area contributed by atoms with Crippen LogP contribution in [0.1, 0.15) is 27.7 Å². The molecule has 0 unspecified atom stereocenters. The van der Waals surface area contributed by atoms with Crippen LogP contribution < -0.4 is 0 Å². The zero-order chi connectivity index (χ0) is 12.8. The second kappa shape index (κ2) is 6.61. The van der Waals surface area contributed by atoms with Crippen molar-refractivity contribution >= 4 is 20.7 Å². The van der Waals surface area contributed by atoms with E-state index in [0.29, 0.717) is 13.1 Å². The summed E-state index contributed by atoms with van der Waals surface area (Å²) in [5, 5.41) is 1.58. The first-order valence-electron chi connectivity index (χ1n) is 5.16. The molecule has 6 nitrogen and oxygen atoms in total. The molecule has 0 bridgehead atoms. The Bertz CT molecular complexity index is 238. The third-order valence-corrected chi connectivity index (χ3v) is 3.56. The van der Waals surface area contributed by atoms with Crippen LogP contribution in [0.25, 0.3) is 0 Å². The molecule has 0 fully saturated rings. The van der Waals surface area contributed by atoms with Gasteiger partial charge < -0.3 is 8.85 Å². The number of hydroxylamine groups is 2. The number of hydrogen-bond acceptors (Lipinski definition) is 6. The van der Waals surface area contributed by atoms with E-state index in [-0.39, 0.29) is 0 Å².